The highest BCUT2D eigenvalue weighted by Gasteiger charge is 2.28. The van der Waals surface area contributed by atoms with Gasteiger partial charge >= 0.3 is 0 Å². The Morgan fingerprint density at radius 3 is 2.91 bits per heavy atom. The number of aromatic nitrogens is 2. The summed E-state index contributed by atoms with van der Waals surface area (Å²) in [7, 11) is 3.83. The SMILES string of the molecule is CN(C)c1ccc(O[C@@H]2CCN(C(=O)Cc3cccs3)C2)nn1. The summed E-state index contributed by atoms with van der Waals surface area (Å²) in [6.07, 6.45) is 1.29. The van der Waals surface area contributed by atoms with Crippen molar-refractivity contribution in [2.24, 2.45) is 0 Å². The van der Waals surface area contributed by atoms with Gasteiger partial charge in [0.2, 0.25) is 11.8 Å². The van der Waals surface area contributed by atoms with Crippen LogP contribution in [0.3, 0.4) is 0 Å². The molecule has 1 aliphatic rings. The highest BCUT2D eigenvalue weighted by Crippen LogP contribution is 2.19. The highest BCUT2D eigenvalue weighted by molar-refractivity contribution is 7.10. The predicted octanol–water partition coefficient (Wildman–Crippen LogP) is 1.83. The molecule has 3 rings (SSSR count). The number of thiophene rings is 1. The van der Waals surface area contributed by atoms with Crippen LogP contribution < -0.4 is 9.64 Å². The largest absolute Gasteiger partial charge is 0.471 e. The zero-order valence-corrected chi connectivity index (χ0v) is 14.1. The summed E-state index contributed by atoms with van der Waals surface area (Å²) >= 11 is 1.62. The molecule has 0 unspecified atom stereocenters. The molecule has 0 spiro atoms. The third-order valence-corrected chi connectivity index (χ3v) is 4.65. The smallest absolute Gasteiger partial charge is 0.233 e. The molecule has 1 fully saturated rings. The molecule has 0 aromatic carbocycles. The minimum absolute atomic E-state index is 0.0122. The number of ether oxygens (including phenoxy) is 1. The molecule has 0 aliphatic carbocycles. The Bertz CT molecular complexity index is 643. The highest BCUT2D eigenvalue weighted by atomic mass is 32.1. The first kappa shape index (κ1) is 15.7. The summed E-state index contributed by atoms with van der Waals surface area (Å²) in [6.45, 7) is 1.35. The molecule has 1 saturated heterocycles. The number of hydrogen-bond donors (Lipinski definition) is 0. The van der Waals surface area contributed by atoms with E-state index in [1.54, 1.807) is 11.3 Å². The minimum atomic E-state index is -0.0122. The lowest BCUT2D eigenvalue weighted by molar-refractivity contribution is -0.129. The van der Waals surface area contributed by atoms with Crippen molar-refractivity contribution in [2.45, 2.75) is 18.9 Å². The van der Waals surface area contributed by atoms with Crippen molar-refractivity contribution in [2.75, 3.05) is 32.1 Å². The quantitative estimate of drug-likeness (QED) is 0.836. The summed E-state index contributed by atoms with van der Waals surface area (Å²) in [5.74, 6) is 1.46. The number of nitrogens with zero attached hydrogens (tertiary/aromatic N) is 4. The lowest BCUT2D eigenvalue weighted by atomic mass is 10.3. The van der Waals surface area contributed by atoms with Gasteiger partial charge in [0.15, 0.2) is 5.82 Å². The van der Waals surface area contributed by atoms with Crippen LogP contribution in [0.25, 0.3) is 0 Å². The van der Waals surface area contributed by atoms with Gasteiger partial charge in [0.25, 0.3) is 0 Å². The van der Waals surface area contributed by atoms with E-state index in [9.17, 15) is 4.79 Å². The number of rotatable bonds is 5. The summed E-state index contributed by atoms with van der Waals surface area (Å²) in [6, 6.07) is 7.66. The first-order valence-corrected chi connectivity index (χ1v) is 8.47. The molecule has 0 N–H and O–H groups in total. The fourth-order valence-corrected chi connectivity index (χ4v) is 3.21. The van der Waals surface area contributed by atoms with Crippen LogP contribution >= 0.6 is 11.3 Å². The third kappa shape index (κ3) is 3.98. The lowest BCUT2D eigenvalue weighted by Crippen LogP contribution is -2.32. The van der Waals surface area contributed by atoms with E-state index in [1.165, 1.54) is 0 Å². The Morgan fingerprint density at radius 1 is 1.39 bits per heavy atom. The zero-order chi connectivity index (χ0) is 16.2. The molecule has 1 aliphatic heterocycles. The van der Waals surface area contributed by atoms with E-state index in [-0.39, 0.29) is 12.0 Å². The number of hydrogen-bond acceptors (Lipinski definition) is 6. The Balaban J connectivity index is 1.52. The van der Waals surface area contributed by atoms with Crippen LogP contribution in [0.2, 0.25) is 0 Å². The summed E-state index contributed by atoms with van der Waals surface area (Å²) in [5, 5.41) is 10.2. The van der Waals surface area contributed by atoms with Gasteiger partial charge in [-0.25, -0.2) is 0 Å². The maximum atomic E-state index is 12.3. The molecule has 0 saturated carbocycles. The van der Waals surface area contributed by atoms with E-state index in [0.29, 0.717) is 18.8 Å². The van der Waals surface area contributed by atoms with Gasteiger partial charge in [0.05, 0.1) is 13.0 Å². The van der Waals surface area contributed by atoms with Gasteiger partial charge in [-0.2, -0.15) is 0 Å². The van der Waals surface area contributed by atoms with Gasteiger partial charge in [-0.15, -0.1) is 21.5 Å². The van der Waals surface area contributed by atoms with Crippen LogP contribution in [-0.4, -0.2) is 54.3 Å². The third-order valence-electron chi connectivity index (χ3n) is 3.77. The van der Waals surface area contributed by atoms with Crippen molar-refractivity contribution >= 4 is 23.1 Å². The summed E-state index contributed by atoms with van der Waals surface area (Å²) in [5.41, 5.74) is 0. The molecule has 6 nitrogen and oxygen atoms in total. The van der Waals surface area contributed by atoms with Crippen molar-refractivity contribution in [1.29, 1.82) is 0 Å². The average Bonchev–Trinajstić information content (AvgIpc) is 3.19. The molecule has 122 valence electrons. The summed E-state index contributed by atoms with van der Waals surface area (Å²) < 4.78 is 5.84. The second-order valence-corrected chi connectivity index (χ2v) is 6.78. The van der Waals surface area contributed by atoms with Crippen LogP contribution in [-0.2, 0) is 11.2 Å². The lowest BCUT2D eigenvalue weighted by Gasteiger charge is -2.17. The fraction of sp³-hybridized carbons (Fsp3) is 0.438. The van der Waals surface area contributed by atoms with Crippen molar-refractivity contribution < 1.29 is 9.53 Å². The Kier molecular flexibility index (Phi) is 4.76. The molecule has 0 bridgehead atoms. The predicted molar refractivity (Wildman–Crippen MR) is 90.0 cm³/mol. The second kappa shape index (κ2) is 6.95. The van der Waals surface area contributed by atoms with Gasteiger partial charge in [0, 0.05) is 38.0 Å². The van der Waals surface area contributed by atoms with E-state index in [4.69, 9.17) is 4.74 Å². The maximum absolute atomic E-state index is 12.3. The van der Waals surface area contributed by atoms with Crippen molar-refractivity contribution in [3.05, 3.63) is 34.5 Å². The first-order valence-electron chi connectivity index (χ1n) is 7.59. The van der Waals surface area contributed by atoms with Gasteiger partial charge < -0.3 is 14.5 Å². The van der Waals surface area contributed by atoms with E-state index < -0.39 is 0 Å². The molecule has 2 aromatic heterocycles. The Hall–Kier alpha value is -2.15. The molecule has 23 heavy (non-hydrogen) atoms. The number of amides is 1. The second-order valence-electron chi connectivity index (χ2n) is 5.75. The van der Waals surface area contributed by atoms with Crippen molar-refractivity contribution in [3.63, 3.8) is 0 Å². The number of anilines is 1. The van der Waals surface area contributed by atoms with Gasteiger partial charge in [-0.1, -0.05) is 6.07 Å². The number of carbonyl (C=O) groups is 1. The van der Waals surface area contributed by atoms with Crippen LogP contribution in [0, 0.1) is 0 Å². The van der Waals surface area contributed by atoms with Gasteiger partial charge in [-0.05, 0) is 17.5 Å². The summed E-state index contributed by atoms with van der Waals surface area (Å²) in [4.78, 5) is 17.1. The average molecular weight is 332 g/mol. The van der Waals surface area contributed by atoms with E-state index in [2.05, 4.69) is 10.2 Å². The molecule has 1 amide bonds. The van der Waals surface area contributed by atoms with E-state index >= 15 is 0 Å². The molecular formula is C16H20N4O2S. The van der Waals surface area contributed by atoms with Crippen LogP contribution in [0.5, 0.6) is 5.88 Å². The van der Waals surface area contributed by atoms with Crippen LogP contribution in [0.15, 0.2) is 29.6 Å². The Morgan fingerprint density at radius 2 is 2.26 bits per heavy atom. The molecule has 7 heteroatoms. The van der Waals surface area contributed by atoms with Crippen LogP contribution in [0.1, 0.15) is 11.3 Å². The topological polar surface area (TPSA) is 58.6 Å². The monoisotopic (exact) mass is 332 g/mol. The number of likely N-dealkylation sites (tertiary alicyclic amines) is 1. The molecule has 2 aromatic rings. The van der Waals surface area contributed by atoms with Gasteiger partial charge in [-0.3, -0.25) is 4.79 Å². The maximum Gasteiger partial charge on any atom is 0.233 e. The molecule has 3 heterocycles. The standard InChI is InChI=1S/C16H20N4O2S/c1-19(2)14-5-6-15(18-17-14)22-12-7-8-20(11-12)16(21)10-13-4-3-9-23-13/h3-6,9,12H,7-8,10-11H2,1-2H3/t12-/m1/s1. The van der Waals surface area contributed by atoms with Crippen molar-refractivity contribution in [3.8, 4) is 5.88 Å². The normalized spacial score (nSPS) is 17.3. The molecule has 0 radical (unpaired) electrons. The Labute approximate surface area is 139 Å². The zero-order valence-electron chi connectivity index (χ0n) is 13.3. The molecule has 1 atom stereocenters. The minimum Gasteiger partial charge on any atom is -0.471 e. The van der Waals surface area contributed by atoms with Crippen LogP contribution in [0.4, 0.5) is 5.82 Å². The fourth-order valence-electron chi connectivity index (χ4n) is 2.51. The first-order chi connectivity index (χ1) is 11.1. The number of carbonyl (C=O) groups excluding carboxylic acids is 1. The molecular weight excluding hydrogens is 312 g/mol. The van der Waals surface area contributed by atoms with Gasteiger partial charge in [0.1, 0.15) is 6.10 Å². The van der Waals surface area contributed by atoms with Crippen molar-refractivity contribution in [1.82, 2.24) is 15.1 Å². The van der Waals surface area contributed by atoms with E-state index in [1.807, 2.05) is 53.5 Å². The van der Waals surface area contributed by atoms with E-state index in [0.717, 1.165) is 23.7 Å².